The van der Waals surface area contributed by atoms with Crippen LogP contribution < -0.4 is 11.1 Å². The molecule has 1 amide bonds. The molecule has 0 saturated heterocycles. The van der Waals surface area contributed by atoms with E-state index < -0.39 is 17.7 Å². The van der Waals surface area contributed by atoms with Gasteiger partial charge in [0.05, 0.1) is 0 Å². The van der Waals surface area contributed by atoms with Crippen molar-refractivity contribution in [2.24, 2.45) is 17.6 Å². The second kappa shape index (κ2) is 7.64. The maximum absolute atomic E-state index is 11.8. The van der Waals surface area contributed by atoms with Crippen LogP contribution in [0.4, 0.5) is 4.79 Å². The molecule has 4 N–H and O–H groups in total. The van der Waals surface area contributed by atoms with E-state index in [1.807, 2.05) is 20.8 Å². The molecule has 0 radical (unpaired) electrons. The van der Waals surface area contributed by atoms with Crippen LogP contribution in [-0.2, 0) is 9.53 Å². The number of hydrogen-bond donors (Lipinski definition) is 3. The number of rotatable bonds is 5. The molecule has 0 aromatic carbocycles. The van der Waals surface area contributed by atoms with Crippen molar-refractivity contribution < 1.29 is 19.4 Å². The minimum absolute atomic E-state index is 0.106. The number of carbonyl (C=O) groups is 2. The van der Waals surface area contributed by atoms with Crippen molar-refractivity contribution in [3.8, 4) is 0 Å². The first kappa shape index (κ1) is 17.8. The van der Waals surface area contributed by atoms with Crippen molar-refractivity contribution in [3.05, 3.63) is 0 Å². The summed E-state index contributed by atoms with van der Waals surface area (Å²) >= 11 is 0. The standard InChI is InChI=1S/C15H28N2O4/c1-15(2,3)21-14(20)17-12(9-16)11-6-4-10(5-7-11)8-13(18)19/h10-12H,4-9,16H2,1-3H3,(H,17,20)(H,18,19)/t10-,11-,12?. The maximum Gasteiger partial charge on any atom is 0.407 e. The van der Waals surface area contributed by atoms with Crippen LogP contribution in [-0.4, -0.2) is 35.4 Å². The third kappa shape index (κ3) is 6.80. The Morgan fingerprint density at radius 3 is 2.29 bits per heavy atom. The van der Waals surface area contributed by atoms with E-state index >= 15 is 0 Å². The van der Waals surface area contributed by atoms with Gasteiger partial charge in [0.25, 0.3) is 0 Å². The molecule has 1 fully saturated rings. The van der Waals surface area contributed by atoms with Crippen LogP contribution in [0.5, 0.6) is 0 Å². The zero-order chi connectivity index (χ0) is 16.0. The van der Waals surface area contributed by atoms with Gasteiger partial charge in [-0.15, -0.1) is 0 Å². The van der Waals surface area contributed by atoms with Gasteiger partial charge in [-0.1, -0.05) is 0 Å². The number of carboxylic acids is 1. The predicted octanol–water partition coefficient (Wildman–Crippen LogP) is 2.12. The lowest BCUT2D eigenvalue weighted by Crippen LogP contribution is -2.48. The second-order valence-corrected chi connectivity index (χ2v) is 6.87. The minimum atomic E-state index is -0.735. The molecule has 1 rings (SSSR count). The van der Waals surface area contributed by atoms with Crippen LogP contribution in [0.15, 0.2) is 0 Å². The van der Waals surface area contributed by atoms with Gasteiger partial charge < -0.3 is 20.9 Å². The summed E-state index contributed by atoms with van der Waals surface area (Å²) in [5.74, 6) is -0.188. The van der Waals surface area contributed by atoms with Crippen molar-refractivity contribution >= 4 is 12.1 Å². The number of aliphatic carboxylic acids is 1. The fourth-order valence-corrected chi connectivity index (χ4v) is 2.87. The van der Waals surface area contributed by atoms with Crippen LogP contribution in [0.3, 0.4) is 0 Å². The molecule has 21 heavy (non-hydrogen) atoms. The Balaban J connectivity index is 2.44. The molecule has 122 valence electrons. The van der Waals surface area contributed by atoms with Crippen molar-refractivity contribution in [2.45, 2.75) is 64.5 Å². The van der Waals surface area contributed by atoms with E-state index in [0.29, 0.717) is 12.5 Å². The summed E-state index contributed by atoms with van der Waals surface area (Å²) in [6.07, 6.45) is 3.35. The number of amides is 1. The normalized spacial score (nSPS) is 24.2. The topological polar surface area (TPSA) is 102 Å². The van der Waals surface area contributed by atoms with Gasteiger partial charge in [-0.05, 0) is 58.3 Å². The molecule has 1 atom stereocenters. The Morgan fingerprint density at radius 2 is 1.86 bits per heavy atom. The smallest absolute Gasteiger partial charge is 0.407 e. The lowest BCUT2D eigenvalue weighted by atomic mass is 9.77. The summed E-state index contributed by atoms with van der Waals surface area (Å²) in [4.78, 5) is 22.5. The second-order valence-electron chi connectivity index (χ2n) is 6.87. The van der Waals surface area contributed by atoms with Gasteiger partial charge in [-0.3, -0.25) is 4.79 Å². The fraction of sp³-hybridized carbons (Fsp3) is 0.867. The van der Waals surface area contributed by atoms with E-state index in [4.69, 9.17) is 15.6 Å². The highest BCUT2D eigenvalue weighted by Gasteiger charge is 2.29. The van der Waals surface area contributed by atoms with Gasteiger partial charge in [0.2, 0.25) is 0 Å². The third-order valence-corrected chi connectivity index (χ3v) is 3.88. The minimum Gasteiger partial charge on any atom is -0.481 e. The quantitative estimate of drug-likeness (QED) is 0.722. The average molecular weight is 300 g/mol. The van der Waals surface area contributed by atoms with Gasteiger partial charge in [-0.2, -0.15) is 0 Å². The third-order valence-electron chi connectivity index (χ3n) is 3.88. The Kier molecular flexibility index (Phi) is 6.45. The Bertz CT molecular complexity index is 357. The summed E-state index contributed by atoms with van der Waals surface area (Å²) < 4.78 is 5.25. The zero-order valence-electron chi connectivity index (χ0n) is 13.2. The number of nitrogens with two attached hydrogens (primary N) is 1. The SMILES string of the molecule is CC(C)(C)OC(=O)NC(CN)[C@H]1CC[C@H](CC(=O)O)CC1. The molecule has 0 spiro atoms. The van der Waals surface area contributed by atoms with E-state index in [2.05, 4.69) is 5.32 Å². The Morgan fingerprint density at radius 1 is 1.29 bits per heavy atom. The van der Waals surface area contributed by atoms with Gasteiger partial charge in [0.1, 0.15) is 5.60 Å². The molecule has 6 heteroatoms. The highest BCUT2D eigenvalue weighted by molar-refractivity contribution is 5.68. The van der Waals surface area contributed by atoms with Crippen LogP contribution in [0.1, 0.15) is 52.9 Å². The monoisotopic (exact) mass is 300 g/mol. The first-order valence-corrected chi connectivity index (χ1v) is 7.62. The zero-order valence-corrected chi connectivity index (χ0v) is 13.2. The molecule has 1 aliphatic rings. The summed E-state index contributed by atoms with van der Waals surface area (Å²) in [6.45, 7) is 5.83. The van der Waals surface area contributed by atoms with Crippen LogP contribution in [0, 0.1) is 11.8 Å². The number of hydrogen-bond acceptors (Lipinski definition) is 4. The van der Waals surface area contributed by atoms with Gasteiger partial charge in [-0.25, -0.2) is 4.79 Å². The van der Waals surface area contributed by atoms with Crippen molar-refractivity contribution in [3.63, 3.8) is 0 Å². The average Bonchev–Trinajstić information content (AvgIpc) is 2.34. The molecule has 0 aromatic heterocycles. The fourth-order valence-electron chi connectivity index (χ4n) is 2.87. The summed E-state index contributed by atoms with van der Waals surface area (Å²) in [5, 5.41) is 11.7. The van der Waals surface area contributed by atoms with E-state index in [1.165, 1.54) is 0 Å². The molecular weight excluding hydrogens is 272 g/mol. The largest absolute Gasteiger partial charge is 0.481 e. The maximum atomic E-state index is 11.8. The molecule has 1 aliphatic carbocycles. The number of carboxylic acid groups (broad SMARTS) is 1. The number of nitrogens with one attached hydrogen (secondary N) is 1. The molecule has 0 bridgehead atoms. The lowest BCUT2D eigenvalue weighted by Gasteiger charge is -2.33. The van der Waals surface area contributed by atoms with Crippen LogP contribution >= 0.6 is 0 Å². The molecule has 1 saturated carbocycles. The van der Waals surface area contributed by atoms with E-state index in [0.717, 1.165) is 25.7 Å². The van der Waals surface area contributed by atoms with Crippen molar-refractivity contribution in [1.82, 2.24) is 5.32 Å². The molecular formula is C15H28N2O4. The first-order valence-electron chi connectivity index (χ1n) is 7.62. The number of carbonyl (C=O) groups excluding carboxylic acids is 1. The molecule has 6 nitrogen and oxygen atoms in total. The molecule has 1 unspecified atom stereocenters. The predicted molar refractivity (Wildman–Crippen MR) is 79.9 cm³/mol. The van der Waals surface area contributed by atoms with Crippen molar-refractivity contribution in [1.29, 1.82) is 0 Å². The summed E-state index contributed by atoms with van der Waals surface area (Å²) in [6, 6.07) is -0.106. The summed E-state index contributed by atoms with van der Waals surface area (Å²) in [7, 11) is 0. The number of alkyl carbamates (subject to hydrolysis) is 1. The van der Waals surface area contributed by atoms with Gasteiger partial charge in [0, 0.05) is 19.0 Å². The van der Waals surface area contributed by atoms with E-state index in [-0.39, 0.29) is 18.4 Å². The molecule has 0 aromatic rings. The van der Waals surface area contributed by atoms with E-state index in [1.54, 1.807) is 0 Å². The van der Waals surface area contributed by atoms with E-state index in [9.17, 15) is 9.59 Å². The highest BCUT2D eigenvalue weighted by Crippen LogP contribution is 2.32. The van der Waals surface area contributed by atoms with Crippen LogP contribution in [0.2, 0.25) is 0 Å². The Labute approximate surface area is 126 Å². The number of ether oxygens (including phenoxy) is 1. The van der Waals surface area contributed by atoms with Crippen molar-refractivity contribution in [2.75, 3.05) is 6.54 Å². The highest BCUT2D eigenvalue weighted by atomic mass is 16.6. The van der Waals surface area contributed by atoms with Crippen LogP contribution in [0.25, 0.3) is 0 Å². The summed E-state index contributed by atoms with van der Waals surface area (Å²) in [5.41, 5.74) is 5.24. The molecule has 0 aliphatic heterocycles. The Hall–Kier alpha value is -1.30. The van der Waals surface area contributed by atoms with Gasteiger partial charge in [0.15, 0.2) is 0 Å². The van der Waals surface area contributed by atoms with Gasteiger partial charge >= 0.3 is 12.1 Å². The lowest BCUT2D eigenvalue weighted by molar-refractivity contribution is -0.138. The first-order chi connectivity index (χ1) is 9.71. The molecule has 0 heterocycles.